The van der Waals surface area contributed by atoms with Gasteiger partial charge in [-0.05, 0) is 24.3 Å². The second kappa shape index (κ2) is 7.90. The van der Waals surface area contributed by atoms with Crippen molar-refractivity contribution in [1.82, 2.24) is 15.1 Å². The van der Waals surface area contributed by atoms with E-state index in [0.29, 0.717) is 13.1 Å². The predicted molar refractivity (Wildman–Crippen MR) is 90.0 cm³/mol. The van der Waals surface area contributed by atoms with Gasteiger partial charge in [0.2, 0.25) is 5.91 Å². The van der Waals surface area contributed by atoms with E-state index in [1.165, 1.54) is 12.8 Å². The molecule has 2 fully saturated rings. The van der Waals surface area contributed by atoms with Gasteiger partial charge >= 0.3 is 0 Å². The summed E-state index contributed by atoms with van der Waals surface area (Å²) in [4.78, 5) is 16.4. The summed E-state index contributed by atoms with van der Waals surface area (Å²) in [7, 11) is 0. The van der Waals surface area contributed by atoms with E-state index < -0.39 is 6.10 Å². The first-order chi connectivity index (χ1) is 11.2. The highest BCUT2D eigenvalue weighted by Crippen LogP contribution is 2.27. The lowest BCUT2D eigenvalue weighted by Crippen LogP contribution is -2.50. The number of rotatable bonds is 7. The van der Waals surface area contributed by atoms with Gasteiger partial charge in [-0.2, -0.15) is 0 Å². The average molecular weight is 317 g/mol. The van der Waals surface area contributed by atoms with Crippen LogP contribution in [0, 0.1) is 5.92 Å². The predicted octanol–water partition coefficient (Wildman–Crippen LogP) is 0.864. The van der Waals surface area contributed by atoms with E-state index in [9.17, 15) is 9.90 Å². The SMILES string of the molecule is O=C(CN1CCN(C[C@@H](O)c2ccccc2)CC1)NCC1CC1. The summed E-state index contributed by atoms with van der Waals surface area (Å²) < 4.78 is 0. The smallest absolute Gasteiger partial charge is 0.234 e. The Morgan fingerprint density at radius 1 is 1.13 bits per heavy atom. The topological polar surface area (TPSA) is 55.8 Å². The molecular weight excluding hydrogens is 290 g/mol. The highest BCUT2D eigenvalue weighted by atomic mass is 16.3. The number of benzene rings is 1. The summed E-state index contributed by atoms with van der Waals surface area (Å²) in [6.07, 6.45) is 2.09. The Balaban J connectivity index is 1.35. The van der Waals surface area contributed by atoms with Gasteiger partial charge in [-0.3, -0.25) is 14.6 Å². The standard InChI is InChI=1S/C18H27N3O2/c22-17(16-4-2-1-3-5-16)13-20-8-10-21(11-9-20)14-18(23)19-12-15-6-7-15/h1-5,15,17,22H,6-14H2,(H,19,23)/t17-/m1/s1. The van der Waals surface area contributed by atoms with Crippen LogP contribution in [-0.4, -0.2) is 66.6 Å². The molecule has 23 heavy (non-hydrogen) atoms. The Morgan fingerprint density at radius 2 is 1.78 bits per heavy atom. The van der Waals surface area contributed by atoms with Crippen molar-refractivity contribution >= 4 is 5.91 Å². The molecule has 0 unspecified atom stereocenters. The lowest BCUT2D eigenvalue weighted by molar-refractivity contribution is -0.122. The normalized spacial score (nSPS) is 21.1. The van der Waals surface area contributed by atoms with Crippen LogP contribution < -0.4 is 5.32 Å². The van der Waals surface area contributed by atoms with Crippen LogP contribution in [0.25, 0.3) is 0 Å². The summed E-state index contributed by atoms with van der Waals surface area (Å²) in [6, 6.07) is 9.80. The number of amides is 1. The van der Waals surface area contributed by atoms with Crippen LogP contribution in [0.2, 0.25) is 0 Å². The largest absolute Gasteiger partial charge is 0.387 e. The molecule has 2 aliphatic rings. The van der Waals surface area contributed by atoms with Gasteiger partial charge in [0.05, 0.1) is 12.6 Å². The quantitative estimate of drug-likeness (QED) is 0.783. The van der Waals surface area contributed by atoms with Gasteiger partial charge in [0.1, 0.15) is 0 Å². The zero-order valence-electron chi connectivity index (χ0n) is 13.7. The second-order valence-electron chi connectivity index (χ2n) is 6.75. The number of nitrogens with one attached hydrogen (secondary N) is 1. The van der Waals surface area contributed by atoms with Crippen molar-refractivity contribution in [2.24, 2.45) is 5.92 Å². The first kappa shape index (κ1) is 16.4. The first-order valence-corrected chi connectivity index (χ1v) is 8.65. The molecule has 1 aromatic carbocycles. The number of piperazine rings is 1. The minimum Gasteiger partial charge on any atom is -0.387 e. The third kappa shape index (κ3) is 5.30. The van der Waals surface area contributed by atoms with E-state index in [-0.39, 0.29) is 5.91 Å². The molecule has 5 nitrogen and oxygen atoms in total. The van der Waals surface area contributed by atoms with Gasteiger partial charge < -0.3 is 10.4 Å². The third-order valence-corrected chi connectivity index (χ3v) is 4.73. The van der Waals surface area contributed by atoms with Crippen molar-refractivity contribution in [2.45, 2.75) is 18.9 Å². The number of β-amino-alcohol motifs (C(OH)–C–C–N with tert-alkyl or cyclic N) is 1. The van der Waals surface area contributed by atoms with Crippen LogP contribution in [0.1, 0.15) is 24.5 Å². The number of hydrogen-bond donors (Lipinski definition) is 2. The highest BCUT2D eigenvalue weighted by Gasteiger charge is 2.24. The molecule has 1 aliphatic heterocycles. The van der Waals surface area contributed by atoms with Gasteiger partial charge in [0.25, 0.3) is 0 Å². The Morgan fingerprint density at radius 3 is 2.43 bits per heavy atom. The summed E-state index contributed by atoms with van der Waals surface area (Å²) in [6.45, 7) is 5.59. The molecule has 1 saturated carbocycles. The van der Waals surface area contributed by atoms with E-state index in [0.717, 1.165) is 44.2 Å². The zero-order valence-corrected chi connectivity index (χ0v) is 13.7. The van der Waals surface area contributed by atoms with Crippen molar-refractivity contribution < 1.29 is 9.90 Å². The van der Waals surface area contributed by atoms with Crippen molar-refractivity contribution in [3.8, 4) is 0 Å². The Hall–Kier alpha value is -1.43. The summed E-state index contributed by atoms with van der Waals surface area (Å²) in [5.74, 6) is 0.880. The van der Waals surface area contributed by atoms with Crippen LogP contribution in [0.4, 0.5) is 0 Å². The van der Waals surface area contributed by atoms with Gasteiger partial charge in [-0.1, -0.05) is 30.3 Å². The molecule has 0 bridgehead atoms. The number of carbonyl (C=O) groups is 1. The molecule has 126 valence electrons. The van der Waals surface area contributed by atoms with Crippen LogP contribution in [0.15, 0.2) is 30.3 Å². The Labute approximate surface area is 138 Å². The van der Waals surface area contributed by atoms with Crippen molar-refractivity contribution in [3.63, 3.8) is 0 Å². The lowest BCUT2D eigenvalue weighted by Gasteiger charge is -2.35. The highest BCUT2D eigenvalue weighted by molar-refractivity contribution is 5.78. The maximum atomic E-state index is 11.9. The molecule has 1 atom stereocenters. The molecular formula is C18H27N3O2. The van der Waals surface area contributed by atoms with E-state index >= 15 is 0 Å². The first-order valence-electron chi connectivity index (χ1n) is 8.65. The fourth-order valence-corrected chi connectivity index (χ4v) is 2.99. The fraction of sp³-hybridized carbons (Fsp3) is 0.611. The van der Waals surface area contributed by atoms with E-state index in [4.69, 9.17) is 0 Å². The van der Waals surface area contributed by atoms with E-state index in [1.54, 1.807) is 0 Å². The maximum absolute atomic E-state index is 11.9. The molecule has 5 heteroatoms. The number of carbonyl (C=O) groups excluding carboxylic acids is 1. The summed E-state index contributed by atoms with van der Waals surface area (Å²) in [5, 5.41) is 13.3. The molecule has 0 aromatic heterocycles. The summed E-state index contributed by atoms with van der Waals surface area (Å²) in [5.41, 5.74) is 0.967. The fourth-order valence-electron chi connectivity index (χ4n) is 2.99. The van der Waals surface area contributed by atoms with Gasteiger partial charge in [-0.25, -0.2) is 0 Å². The van der Waals surface area contributed by atoms with Gasteiger partial charge in [0, 0.05) is 39.3 Å². The zero-order chi connectivity index (χ0) is 16.1. The monoisotopic (exact) mass is 317 g/mol. The molecule has 1 heterocycles. The minimum absolute atomic E-state index is 0.148. The number of hydrogen-bond acceptors (Lipinski definition) is 4. The van der Waals surface area contributed by atoms with E-state index in [1.807, 2.05) is 30.3 Å². The number of aliphatic hydroxyl groups excluding tert-OH is 1. The average Bonchev–Trinajstić information content (AvgIpc) is 3.40. The lowest BCUT2D eigenvalue weighted by atomic mass is 10.1. The summed E-state index contributed by atoms with van der Waals surface area (Å²) >= 11 is 0. The van der Waals surface area contributed by atoms with E-state index in [2.05, 4.69) is 15.1 Å². The van der Waals surface area contributed by atoms with Crippen LogP contribution >= 0.6 is 0 Å². The number of aliphatic hydroxyl groups is 1. The molecule has 3 rings (SSSR count). The van der Waals surface area contributed by atoms with Crippen molar-refractivity contribution in [1.29, 1.82) is 0 Å². The molecule has 1 aliphatic carbocycles. The van der Waals surface area contributed by atoms with Gasteiger partial charge in [-0.15, -0.1) is 0 Å². The Kier molecular flexibility index (Phi) is 5.65. The second-order valence-corrected chi connectivity index (χ2v) is 6.75. The maximum Gasteiger partial charge on any atom is 0.234 e. The third-order valence-electron chi connectivity index (χ3n) is 4.73. The molecule has 0 spiro atoms. The van der Waals surface area contributed by atoms with Gasteiger partial charge in [0.15, 0.2) is 0 Å². The minimum atomic E-state index is -0.440. The van der Waals surface area contributed by atoms with Crippen LogP contribution in [0.5, 0.6) is 0 Å². The molecule has 1 amide bonds. The van der Waals surface area contributed by atoms with Crippen LogP contribution in [0.3, 0.4) is 0 Å². The number of nitrogens with zero attached hydrogens (tertiary/aromatic N) is 2. The molecule has 2 N–H and O–H groups in total. The Bertz CT molecular complexity index is 496. The molecule has 1 saturated heterocycles. The van der Waals surface area contributed by atoms with Crippen LogP contribution in [-0.2, 0) is 4.79 Å². The van der Waals surface area contributed by atoms with Crippen molar-refractivity contribution in [3.05, 3.63) is 35.9 Å². The van der Waals surface area contributed by atoms with Crippen molar-refractivity contribution in [2.75, 3.05) is 45.8 Å². The molecule has 0 radical (unpaired) electrons. The molecule has 1 aromatic rings.